The van der Waals surface area contributed by atoms with E-state index in [1.807, 2.05) is 35.7 Å². The number of nitrogens with zero attached hydrogens (tertiary/aromatic N) is 5. The van der Waals surface area contributed by atoms with Crippen LogP contribution in [0.25, 0.3) is 11.3 Å². The molecule has 1 aromatic carbocycles. The van der Waals surface area contributed by atoms with Crippen molar-refractivity contribution in [3.63, 3.8) is 0 Å². The third-order valence-corrected chi connectivity index (χ3v) is 6.94. The second kappa shape index (κ2) is 10.9. The minimum Gasteiger partial charge on any atom is -0.372 e. The average molecular weight is 504 g/mol. The van der Waals surface area contributed by atoms with Crippen molar-refractivity contribution >= 4 is 17.7 Å². The number of hydrogen-bond acceptors (Lipinski definition) is 6. The highest BCUT2D eigenvalue weighted by molar-refractivity contribution is 5.76. The normalized spacial score (nSPS) is 17.9. The zero-order valence-electron chi connectivity index (χ0n) is 22.1. The van der Waals surface area contributed by atoms with Crippen LogP contribution < -0.4 is 10.6 Å². The van der Waals surface area contributed by atoms with Crippen molar-refractivity contribution in [2.75, 3.05) is 18.4 Å². The summed E-state index contributed by atoms with van der Waals surface area (Å²) in [6.07, 6.45) is 9.97. The summed E-state index contributed by atoms with van der Waals surface area (Å²) >= 11 is 0. The molecule has 1 fully saturated rings. The van der Waals surface area contributed by atoms with Gasteiger partial charge in [0.1, 0.15) is 0 Å². The molecule has 3 heterocycles. The van der Waals surface area contributed by atoms with E-state index < -0.39 is 0 Å². The molecule has 1 aliphatic carbocycles. The maximum atomic E-state index is 12.9. The number of ether oxygens (including phenoxy) is 1. The molecule has 1 saturated heterocycles. The highest BCUT2D eigenvalue weighted by atomic mass is 16.5. The van der Waals surface area contributed by atoms with E-state index in [1.54, 1.807) is 12.4 Å². The Hall–Kier alpha value is -3.46. The molecular weight excluding hydrogens is 466 g/mol. The van der Waals surface area contributed by atoms with Gasteiger partial charge >= 0.3 is 6.03 Å². The quantitative estimate of drug-likeness (QED) is 0.428. The number of benzene rings is 1. The molecule has 9 heteroatoms. The molecule has 2 N–H and O–H groups in total. The first-order valence-electron chi connectivity index (χ1n) is 13.3. The lowest BCUT2D eigenvalue weighted by Crippen LogP contribution is -2.58. The summed E-state index contributed by atoms with van der Waals surface area (Å²) in [5, 5.41) is 10.9. The van der Waals surface area contributed by atoms with Crippen LogP contribution >= 0.6 is 0 Å². The van der Waals surface area contributed by atoms with Crippen LogP contribution in [0.3, 0.4) is 0 Å². The van der Waals surface area contributed by atoms with Crippen molar-refractivity contribution in [3.8, 4) is 11.3 Å². The van der Waals surface area contributed by atoms with Gasteiger partial charge in [0.2, 0.25) is 5.95 Å². The maximum absolute atomic E-state index is 12.9. The standard InChI is InChI=1S/C28H37N7O2/c1-18(2)35-15-22(14-30-35)31-27-29-12-11-25(32-27)21-9-10-24-20(13-21)7-5-6-8-26(24)33-28(36)34-16-23(17-34)37-19(3)4/h9-15,18-19,23,26H,5-8,16-17H2,1-4H3,(H,33,36)(H,29,31,32). The van der Waals surface area contributed by atoms with Gasteiger partial charge in [-0.15, -0.1) is 0 Å². The SMILES string of the molecule is CC(C)OC1CN(C(=O)NC2CCCCc3cc(-c4ccnc(Nc5cnn(C(C)C)c5)n4)ccc32)C1. The number of aromatic nitrogens is 4. The van der Waals surface area contributed by atoms with Crippen LogP contribution in [0, 0.1) is 0 Å². The van der Waals surface area contributed by atoms with E-state index in [0.29, 0.717) is 19.0 Å². The largest absolute Gasteiger partial charge is 0.372 e. The number of aryl methyl sites for hydroxylation is 1. The van der Waals surface area contributed by atoms with Crippen molar-refractivity contribution in [2.45, 2.75) is 77.7 Å². The zero-order valence-corrected chi connectivity index (χ0v) is 22.1. The highest BCUT2D eigenvalue weighted by Gasteiger charge is 2.33. The van der Waals surface area contributed by atoms with E-state index in [9.17, 15) is 4.79 Å². The molecule has 1 unspecified atom stereocenters. The van der Waals surface area contributed by atoms with Crippen molar-refractivity contribution in [2.24, 2.45) is 0 Å². The molecule has 1 aliphatic heterocycles. The number of fused-ring (bicyclic) bond motifs is 1. The monoisotopic (exact) mass is 503 g/mol. The van der Waals surface area contributed by atoms with Gasteiger partial charge < -0.3 is 20.3 Å². The van der Waals surface area contributed by atoms with Crippen LogP contribution in [0.2, 0.25) is 0 Å². The smallest absolute Gasteiger partial charge is 0.318 e. The number of amides is 2. The Kier molecular flexibility index (Phi) is 7.41. The van der Waals surface area contributed by atoms with Crippen molar-refractivity contribution in [3.05, 3.63) is 54.0 Å². The van der Waals surface area contributed by atoms with Gasteiger partial charge in [0, 0.05) is 24.0 Å². The van der Waals surface area contributed by atoms with Gasteiger partial charge in [-0.25, -0.2) is 14.8 Å². The lowest BCUT2D eigenvalue weighted by Gasteiger charge is -2.40. The molecule has 3 aromatic rings. The number of hydrogen-bond donors (Lipinski definition) is 2. The molecular formula is C28H37N7O2. The molecule has 9 nitrogen and oxygen atoms in total. The Bertz CT molecular complexity index is 1230. The topological polar surface area (TPSA) is 97.2 Å². The molecule has 0 radical (unpaired) electrons. The Morgan fingerprint density at radius 1 is 1.14 bits per heavy atom. The fourth-order valence-electron chi connectivity index (χ4n) is 5.00. The van der Waals surface area contributed by atoms with E-state index in [4.69, 9.17) is 9.72 Å². The fourth-order valence-corrected chi connectivity index (χ4v) is 5.00. The fraction of sp³-hybridized carbons (Fsp3) is 0.500. The summed E-state index contributed by atoms with van der Waals surface area (Å²) in [6.45, 7) is 9.55. The Balaban J connectivity index is 1.28. The van der Waals surface area contributed by atoms with Gasteiger partial charge in [-0.3, -0.25) is 4.68 Å². The van der Waals surface area contributed by atoms with Crippen LogP contribution in [-0.2, 0) is 11.2 Å². The van der Waals surface area contributed by atoms with Crippen LogP contribution in [0.5, 0.6) is 0 Å². The van der Waals surface area contributed by atoms with Crippen LogP contribution in [0.1, 0.15) is 70.2 Å². The zero-order chi connectivity index (χ0) is 25.9. The van der Waals surface area contributed by atoms with Gasteiger partial charge in [0.15, 0.2) is 0 Å². The van der Waals surface area contributed by atoms with Gasteiger partial charge in [0.05, 0.1) is 48.9 Å². The third kappa shape index (κ3) is 5.93. The first-order chi connectivity index (χ1) is 17.9. The molecule has 2 amide bonds. The minimum absolute atomic E-state index is 0.00200. The number of carbonyl (C=O) groups excluding carboxylic acids is 1. The number of urea groups is 1. The summed E-state index contributed by atoms with van der Waals surface area (Å²) in [4.78, 5) is 23.9. The van der Waals surface area contributed by atoms with E-state index in [0.717, 1.165) is 42.6 Å². The Morgan fingerprint density at radius 3 is 2.73 bits per heavy atom. The Morgan fingerprint density at radius 2 is 1.97 bits per heavy atom. The van der Waals surface area contributed by atoms with Gasteiger partial charge in [-0.2, -0.15) is 5.10 Å². The lowest BCUT2D eigenvalue weighted by molar-refractivity contribution is -0.0644. The molecule has 37 heavy (non-hydrogen) atoms. The average Bonchev–Trinajstić information content (AvgIpc) is 3.22. The van der Waals surface area contributed by atoms with Crippen molar-refractivity contribution in [1.82, 2.24) is 30.0 Å². The van der Waals surface area contributed by atoms with Gasteiger partial charge in [-0.1, -0.05) is 18.6 Å². The third-order valence-electron chi connectivity index (χ3n) is 6.94. The van der Waals surface area contributed by atoms with Crippen LogP contribution in [-0.4, -0.2) is 56.0 Å². The van der Waals surface area contributed by atoms with Crippen LogP contribution in [0.15, 0.2) is 42.9 Å². The number of likely N-dealkylation sites (tertiary alicyclic amines) is 1. The molecule has 196 valence electrons. The molecule has 0 spiro atoms. The molecule has 2 aromatic heterocycles. The maximum Gasteiger partial charge on any atom is 0.318 e. The summed E-state index contributed by atoms with van der Waals surface area (Å²) in [6, 6.07) is 8.71. The molecule has 1 atom stereocenters. The lowest BCUT2D eigenvalue weighted by atomic mass is 9.95. The summed E-state index contributed by atoms with van der Waals surface area (Å²) in [7, 11) is 0. The number of carbonyl (C=O) groups is 1. The molecule has 0 bridgehead atoms. The number of anilines is 2. The molecule has 0 saturated carbocycles. The predicted octanol–water partition coefficient (Wildman–Crippen LogP) is 5.25. The van der Waals surface area contributed by atoms with Gasteiger partial charge in [0.25, 0.3) is 0 Å². The second-order valence-electron chi connectivity index (χ2n) is 10.6. The molecule has 5 rings (SSSR count). The van der Waals surface area contributed by atoms with E-state index in [1.165, 1.54) is 11.1 Å². The van der Waals surface area contributed by atoms with Crippen LogP contribution in [0.4, 0.5) is 16.4 Å². The first kappa shape index (κ1) is 25.2. The summed E-state index contributed by atoms with van der Waals surface area (Å²) < 4.78 is 7.70. The Labute approximate surface area is 218 Å². The van der Waals surface area contributed by atoms with E-state index in [2.05, 4.69) is 52.8 Å². The second-order valence-corrected chi connectivity index (χ2v) is 10.6. The first-order valence-corrected chi connectivity index (χ1v) is 13.3. The number of nitrogens with one attached hydrogen (secondary N) is 2. The van der Waals surface area contributed by atoms with Crippen molar-refractivity contribution < 1.29 is 9.53 Å². The molecule has 2 aliphatic rings. The predicted molar refractivity (Wildman–Crippen MR) is 144 cm³/mol. The van der Waals surface area contributed by atoms with Gasteiger partial charge in [-0.05, 0) is 70.2 Å². The van der Waals surface area contributed by atoms with E-state index >= 15 is 0 Å². The summed E-state index contributed by atoms with van der Waals surface area (Å²) in [5.74, 6) is 0.537. The highest BCUT2D eigenvalue weighted by Crippen LogP contribution is 2.32. The van der Waals surface area contributed by atoms with E-state index in [-0.39, 0.29) is 30.3 Å². The number of rotatable bonds is 7. The van der Waals surface area contributed by atoms with Crippen molar-refractivity contribution in [1.29, 1.82) is 0 Å². The minimum atomic E-state index is -0.00200. The summed E-state index contributed by atoms with van der Waals surface area (Å²) in [5.41, 5.74) is 5.24.